The predicted octanol–water partition coefficient (Wildman–Crippen LogP) is 18.0. The van der Waals surface area contributed by atoms with Crippen molar-refractivity contribution in [3.05, 3.63) is 260 Å². The summed E-state index contributed by atoms with van der Waals surface area (Å²) in [6.45, 7) is 0. The van der Waals surface area contributed by atoms with E-state index in [2.05, 4.69) is 217 Å². The van der Waals surface area contributed by atoms with Crippen molar-refractivity contribution in [3.8, 4) is 50.5 Å². The molecule has 77 heavy (non-hydrogen) atoms. The van der Waals surface area contributed by atoms with E-state index < -0.39 is 0 Å². The first kappa shape index (κ1) is 46.0. The van der Waals surface area contributed by atoms with Gasteiger partial charge in [-0.05, 0) is 108 Å². The van der Waals surface area contributed by atoms with Crippen molar-refractivity contribution in [2.45, 2.75) is 0 Å². The van der Waals surface area contributed by atoms with E-state index in [-0.39, 0.29) is 0 Å². The van der Waals surface area contributed by atoms with E-state index in [0.29, 0.717) is 11.4 Å². The van der Waals surface area contributed by atoms with Crippen molar-refractivity contribution in [1.82, 2.24) is 9.55 Å². The molecule has 0 unspecified atom stereocenters. The number of para-hydroxylation sites is 2. The summed E-state index contributed by atoms with van der Waals surface area (Å²) in [5.41, 5.74) is 30.1. The van der Waals surface area contributed by atoms with Gasteiger partial charge in [0.05, 0.1) is 33.8 Å². The fourth-order valence-electron chi connectivity index (χ4n) is 11.0. The zero-order valence-electron chi connectivity index (χ0n) is 41.9. The third-order valence-corrected chi connectivity index (χ3v) is 17.0. The summed E-state index contributed by atoms with van der Waals surface area (Å²) in [4.78, 5) is 5.19. The zero-order valence-corrected chi connectivity index (χ0v) is 43.6. The van der Waals surface area contributed by atoms with Crippen LogP contribution in [-0.2, 0) is 0 Å². The molecule has 0 atom stereocenters. The van der Waals surface area contributed by atoms with Crippen molar-refractivity contribution < 1.29 is 0 Å². The first-order valence-electron chi connectivity index (χ1n) is 25.7. The fraction of sp³-hybridized carbons (Fsp3) is 0.0145. The number of hydrogen-bond donors (Lipinski definition) is 2. The van der Waals surface area contributed by atoms with Crippen molar-refractivity contribution in [3.63, 3.8) is 0 Å². The van der Waals surface area contributed by atoms with Crippen LogP contribution in [0.3, 0.4) is 0 Å². The van der Waals surface area contributed by atoms with Crippen LogP contribution >= 0.6 is 22.7 Å². The molecule has 14 rings (SSSR count). The normalized spacial score (nSPS) is 12.2. The van der Waals surface area contributed by atoms with Gasteiger partial charge in [0.15, 0.2) is 0 Å². The number of allylic oxidation sites excluding steroid dienone is 1. The second-order valence-corrected chi connectivity index (χ2v) is 21.6. The molecule has 8 heteroatoms. The highest BCUT2D eigenvalue weighted by molar-refractivity contribution is 7.26. The van der Waals surface area contributed by atoms with Crippen LogP contribution in [0.2, 0.25) is 0 Å². The molecule has 4 N–H and O–H groups in total. The average molecular weight is 1030 g/mol. The molecule has 0 fully saturated rings. The van der Waals surface area contributed by atoms with Crippen LogP contribution in [0, 0.1) is 0 Å². The van der Waals surface area contributed by atoms with E-state index >= 15 is 0 Å². The molecule has 0 aliphatic carbocycles. The SMILES string of the molecule is CN(/N=C(\C=C(/N)c1ccc2sc3ccccc3c2c1)c1ccc2sc3ccccc3c2c1)c1cc2c(cc1-c1ccccc1N)c1ccccc1n2-c1cccc(-c2cc(-c3ccccc3)nc(-c3ccccc3)c2)c1. The van der Waals surface area contributed by atoms with E-state index in [1.54, 1.807) is 22.7 Å². The lowest BCUT2D eigenvalue weighted by atomic mass is 9.98. The summed E-state index contributed by atoms with van der Waals surface area (Å²) in [5, 5.41) is 14.6. The Labute approximate surface area is 453 Å². The van der Waals surface area contributed by atoms with Crippen LogP contribution in [0.5, 0.6) is 0 Å². The van der Waals surface area contributed by atoms with Crippen molar-refractivity contribution >= 4 is 108 Å². The maximum absolute atomic E-state index is 7.25. The third-order valence-electron chi connectivity index (χ3n) is 14.7. The molecule has 0 saturated carbocycles. The quantitative estimate of drug-likeness (QED) is 0.0812. The van der Waals surface area contributed by atoms with Crippen LogP contribution in [0.1, 0.15) is 11.1 Å². The molecule has 0 aliphatic heterocycles. The maximum atomic E-state index is 7.25. The number of hydrazone groups is 1. The van der Waals surface area contributed by atoms with Gasteiger partial charge in [0.1, 0.15) is 0 Å². The molecular weight excluding hydrogens is 977 g/mol. The summed E-state index contributed by atoms with van der Waals surface area (Å²) >= 11 is 3.60. The Morgan fingerprint density at radius 2 is 1.01 bits per heavy atom. The minimum Gasteiger partial charge on any atom is -0.398 e. The Kier molecular flexibility index (Phi) is 11.3. The molecule has 0 spiro atoms. The lowest BCUT2D eigenvalue weighted by Gasteiger charge is -2.21. The Hall–Kier alpha value is -9.60. The standard InChI is InChI=1S/C69H48N6S2/c1-74(73-62(47-32-34-69-57(37-47)53-26-11-15-30-67(53)77-69)41-59(71)46-31-33-68-56(36-46)52-25-10-14-29-66(52)76-68)64-42-65-55(40-54(64)50-23-8-12-27-58(50)70)51-24-9-13-28-63(51)75(65)49-22-16-21-45(35-49)48-38-60(43-17-4-2-5-18-43)72-61(39-48)44-19-6-3-7-20-44/h2-42H,70-71H2,1H3/b59-41-,73-62+. The highest BCUT2D eigenvalue weighted by Gasteiger charge is 2.21. The molecular formula is C69H48N6S2. The predicted molar refractivity (Wildman–Crippen MR) is 330 cm³/mol. The third kappa shape index (κ3) is 8.28. The molecule has 0 bridgehead atoms. The van der Waals surface area contributed by atoms with Crippen molar-refractivity contribution in [2.75, 3.05) is 17.8 Å². The van der Waals surface area contributed by atoms with Gasteiger partial charge in [-0.15, -0.1) is 22.7 Å². The van der Waals surface area contributed by atoms with Crippen molar-refractivity contribution in [2.24, 2.45) is 10.8 Å². The first-order chi connectivity index (χ1) is 37.9. The number of fused-ring (bicyclic) bond motifs is 9. The highest BCUT2D eigenvalue weighted by Crippen LogP contribution is 2.43. The Morgan fingerprint density at radius 3 is 1.69 bits per heavy atom. The number of nitrogens with zero attached hydrogens (tertiary/aromatic N) is 4. The molecule has 4 aromatic heterocycles. The van der Waals surface area contributed by atoms with Crippen LogP contribution < -0.4 is 16.5 Å². The van der Waals surface area contributed by atoms with Gasteiger partial charge < -0.3 is 16.0 Å². The topological polar surface area (TPSA) is 85.5 Å². The van der Waals surface area contributed by atoms with E-state index in [9.17, 15) is 0 Å². The molecule has 366 valence electrons. The minimum atomic E-state index is 0.619. The Balaban J connectivity index is 0.963. The number of pyridine rings is 1. The molecule has 0 saturated heterocycles. The van der Waals surface area contributed by atoms with Crippen LogP contribution in [-0.4, -0.2) is 22.3 Å². The van der Waals surface area contributed by atoms with E-state index in [0.717, 1.165) is 94.8 Å². The smallest absolute Gasteiger partial charge is 0.0929 e. The van der Waals surface area contributed by atoms with Gasteiger partial charge in [-0.1, -0.05) is 158 Å². The number of anilines is 2. The number of benzene rings is 10. The Bertz CT molecular complexity index is 4620. The lowest BCUT2D eigenvalue weighted by molar-refractivity contribution is 1.02. The average Bonchev–Trinajstić information content (AvgIpc) is 4.30. The summed E-state index contributed by atoms with van der Waals surface area (Å²) in [6.07, 6.45) is 2.03. The van der Waals surface area contributed by atoms with Gasteiger partial charge >= 0.3 is 0 Å². The fourth-order valence-corrected chi connectivity index (χ4v) is 13.1. The van der Waals surface area contributed by atoms with Gasteiger partial charge in [0, 0.05) is 103 Å². The minimum absolute atomic E-state index is 0.619. The first-order valence-corrected chi connectivity index (χ1v) is 27.3. The van der Waals surface area contributed by atoms with E-state index in [1.807, 2.05) is 48.5 Å². The van der Waals surface area contributed by atoms with E-state index in [4.69, 9.17) is 21.6 Å². The Morgan fingerprint density at radius 1 is 0.455 bits per heavy atom. The van der Waals surface area contributed by atoms with Gasteiger partial charge in [-0.3, -0.25) is 5.01 Å². The second kappa shape index (κ2) is 19.0. The van der Waals surface area contributed by atoms with Crippen LogP contribution in [0.15, 0.2) is 254 Å². The monoisotopic (exact) mass is 1020 g/mol. The summed E-state index contributed by atoms with van der Waals surface area (Å²) in [6, 6.07) is 85.7. The molecule has 0 amide bonds. The second-order valence-electron chi connectivity index (χ2n) is 19.5. The number of hydrogen-bond acceptors (Lipinski definition) is 7. The molecule has 0 aliphatic rings. The number of thiophene rings is 2. The van der Waals surface area contributed by atoms with Gasteiger partial charge in [0.2, 0.25) is 0 Å². The van der Waals surface area contributed by atoms with Gasteiger partial charge in [0.25, 0.3) is 0 Å². The molecule has 10 aromatic carbocycles. The molecule has 14 aromatic rings. The summed E-state index contributed by atoms with van der Waals surface area (Å²) < 4.78 is 7.32. The molecule has 6 nitrogen and oxygen atoms in total. The van der Waals surface area contributed by atoms with Crippen LogP contribution in [0.4, 0.5) is 11.4 Å². The van der Waals surface area contributed by atoms with Crippen LogP contribution in [0.25, 0.3) is 118 Å². The molecule has 4 heterocycles. The number of aromatic nitrogens is 2. The summed E-state index contributed by atoms with van der Waals surface area (Å²) in [7, 11) is 2.03. The largest absolute Gasteiger partial charge is 0.398 e. The van der Waals surface area contributed by atoms with Crippen molar-refractivity contribution in [1.29, 1.82) is 0 Å². The zero-order chi connectivity index (χ0) is 51.6. The summed E-state index contributed by atoms with van der Waals surface area (Å²) in [5.74, 6) is 0. The van der Waals surface area contributed by atoms with E-state index in [1.165, 1.54) is 40.3 Å². The maximum Gasteiger partial charge on any atom is 0.0929 e. The number of nitrogen functional groups attached to an aromatic ring is 1. The molecule has 0 radical (unpaired) electrons. The van der Waals surface area contributed by atoms with Gasteiger partial charge in [-0.2, -0.15) is 5.10 Å². The van der Waals surface area contributed by atoms with Gasteiger partial charge in [-0.25, -0.2) is 4.98 Å². The number of rotatable bonds is 10. The highest BCUT2D eigenvalue weighted by atomic mass is 32.1. The lowest BCUT2D eigenvalue weighted by Crippen LogP contribution is -2.15. The number of nitrogens with two attached hydrogens (primary N) is 2.